The van der Waals surface area contributed by atoms with E-state index in [0.29, 0.717) is 6.04 Å². The zero-order chi connectivity index (χ0) is 17.7. The molecule has 2 bridgehead atoms. The predicted octanol–water partition coefficient (Wildman–Crippen LogP) is 4.84. The molecule has 2 aromatic rings. The fourth-order valence-electron chi connectivity index (χ4n) is 5.40. The second-order valence-electron chi connectivity index (χ2n) is 8.31. The van der Waals surface area contributed by atoms with Gasteiger partial charge in [-0.25, -0.2) is 0 Å². The van der Waals surface area contributed by atoms with Crippen LogP contribution in [0.25, 0.3) is 11.1 Å². The van der Waals surface area contributed by atoms with Crippen molar-refractivity contribution in [3.05, 3.63) is 53.6 Å². The number of carbonyl (C=O) groups is 1. The zero-order valence-electron chi connectivity index (χ0n) is 15.4. The lowest BCUT2D eigenvalue weighted by Crippen LogP contribution is -2.32. The Morgan fingerprint density at radius 1 is 0.923 bits per heavy atom. The number of hydrogen-bond acceptors (Lipinski definition) is 2. The summed E-state index contributed by atoms with van der Waals surface area (Å²) in [5, 5.41) is 2.97. The number of amides is 1. The highest BCUT2D eigenvalue weighted by atomic mass is 16.1. The van der Waals surface area contributed by atoms with Crippen molar-refractivity contribution in [1.82, 2.24) is 4.90 Å². The van der Waals surface area contributed by atoms with Gasteiger partial charge >= 0.3 is 0 Å². The van der Waals surface area contributed by atoms with Crippen molar-refractivity contribution in [1.29, 1.82) is 0 Å². The lowest BCUT2D eigenvalue weighted by Gasteiger charge is -2.31. The molecule has 0 unspecified atom stereocenters. The molecular formula is C23H26N2O. The van der Waals surface area contributed by atoms with Gasteiger partial charge in [0.2, 0.25) is 5.91 Å². The third-order valence-corrected chi connectivity index (χ3v) is 6.53. The Morgan fingerprint density at radius 2 is 1.58 bits per heavy atom. The smallest absolute Gasteiger partial charge is 0.221 e. The number of rotatable bonds is 2. The van der Waals surface area contributed by atoms with Crippen LogP contribution in [0.1, 0.15) is 49.8 Å². The largest absolute Gasteiger partial charge is 0.326 e. The zero-order valence-corrected chi connectivity index (χ0v) is 15.4. The molecule has 1 amide bonds. The van der Waals surface area contributed by atoms with Crippen LogP contribution in [-0.2, 0) is 4.79 Å². The third kappa shape index (κ3) is 2.66. The van der Waals surface area contributed by atoms with Gasteiger partial charge in [-0.3, -0.25) is 9.69 Å². The van der Waals surface area contributed by atoms with E-state index in [0.717, 1.165) is 17.5 Å². The molecule has 3 fully saturated rings. The molecule has 4 aliphatic rings. The average molecular weight is 346 g/mol. The summed E-state index contributed by atoms with van der Waals surface area (Å²) >= 11 is 0. The summed E-state index contributed by atoms with van der Waals surface area (Å²) in [7, 11) is 0. The molecule has 1 saturated carbocycles. The molecule has 134 valence electrons. The Hall–Kier alpha value is -2.13. The summed E-state index contributed by atoms with van der Waals surface area (Å²) in [4.78, 5) is 14.3. The molecule has 0 aromatic heterocycles. The number of benzene rings is 2. The number of nitrogens with zero attached hydrogens (tertiary/aromatic N) is 1. The van der Waals surface area contributed by atoms with Crippen molar-refractivity contribution < 1.29 is 4.79 Å². The maximum atomic E-state index is 11.5. The topological polar surface area (TPSA) is 32.3 Å². The van der Waals surface area contributed by atoms with Gasteiger partial charge in [0.1, 0.15) is 0 Å². The second kappa shape index (κ2) is 6.24. The summed E-state index contributed by atoms with van der Waals surface area (Å²) in [5.41, 5.74) is 6.39. The number of hydrogen-bond donors (Lipinski definition) is 1. The summed E-state index contributed by atoms with van der Waals surface area (Å²) in [6.45, 7) is 3.99. The Morgan fingerprint density at radius 3 is 2.27 bits per heavy atom. The highest BCUT2D eigenvalue weighted by molar-refractivity contribution is 5.90. The average Bonchev–Trinajstić information content (AvgIpc) is 2.76. The Bertz CT molecular complexity index is 837. The van der Waals surface area contributed by atoms with Gasteiger partial charge in [0.25, 0.3) is 0 Å². The van der Waals surface area contributed by atoms with Crippen LogP contribution in [0, 0.1) is 11.8 Å². The van der Waals surface area contributed by atoms with Crippen molar-refractivity contribution in [2.75, 3.05) is 18.4 Å². The molecule has 26 heavy (non-hydrogen) atoms. The van der Waals surface area contributed by atoms with E-state index >= 15 is 0 Å². The normalized spacial score (nSPS) is 26.9. The van der Waals surface area contributed by atoms with Gasteiger partial charge < -0.3 is 5.32 Å². The molecule has 3 nitrogen and oxygen atoms in total. The fourth-order valence-corrected chi connectivity index (χ4v) is 5.40. The van der Waals surface area contributed by atoms with Crippen LogP contribution in [0.4, 0.5) is 5.69 Å². The first-order chi connectivity index (χ1) is 12.7. The van der Waals surface area contributed by atoms with Crippen LogP contribution in [0.3, 0.4) is 0 Å². The van der Waals surface area contributed by atoms with Crippen LogP contribution in [-0.4, -0.2) is 23.9 Å². The van der Waals surface area contributed by atoms with E-state index < -0.39 is 0 Å². The SMILES string of the molecule is CC(=O)Nc1ccc2c(c1)[C@@H](N1CC3CCC(CC3)C1)c1ccccc1-2. The molecule has 2 aliphatic heterocycles. The molecule has 6 rings (SSSR count). The molecule has 1 N–H and O–H groups in total. The quantitative estimate of drug-likeness (QED) is 0.844. The van der Waals surface area contributed by atoms with Crippen LogP contribution in [0.2, 0.25) is 0 Å². The first-order valence-electron chi connectivity index (χ1n) is 9.94. The molecule has 0 spiro atoms. The Labute approximate surface area is 155 Å². The molecule has 2 aliphatic carbocycles. The van der Waals surface area contributed by atoms with Crippen LogP contribution in [0.5, 0.6) is 0 Å². The molecule has 2 heterocycles. The first-order valence-corrected chi connectivity index (χ1v) is 9.94. The maximum Gasteiger partial charge on any atom is 0.221 e. The second-order valence-corrected chi connectivity index (χ2v) is 8.31. The van der Waals surface area contributed by atoms with Gasteiger partial charge in [0.05, 0.1) is 6.04 Å². The van der Waals surface area contributed by atoms with E-state index in [1.807, 2.05) is 6.07 Å². The lowest BCUT2D eigenvalue weighted by atomic mass is 9.84. The monoisotopic (exact) mass is 346 g/mol. The van der Waals surface area contributed by atoms with Crippen molar-refractivity contribution in [3.8, 4) is 11.1 Å². The Balaban J connectivity index is 1.59. The van der Waals surface area contributed by atoms with Crippen molar-refractivity contribution in [2.24, 2.45) is 11.8 Å². The minimum absolute atomic E-state index is 0.00942. The fraction of sp³-hybridized carbons (Fsp3) is 0.435. The summed E-state index contributed by atoms with van der Waals surface area (Å²) in [5.74, 6) is 1.69. The van der Waals surface area contributed by atoms with E-state index in [1.54, 1.807) is 6.92 Å². The van der Waals surface area contributed by atoms with E-state index in [2.05, 4.69) is 46.6 Å². The van der Waals surface area contributed by atoms with Gasteiger partial charge in [-0.15, -0.1) is 0 Å². The van der Waals surface area contributed by atoms with E-state index in [9.17, 15) is 4.79 Å². The highest BCUT2D eigenvalue weighted by Gasteiger charge is 2.38. The number of anilines is 1. The molecule has 1 atom stereocenters. The maximum absolute atomic E-state index is 11.5. The molecular weight excluding hydrogens is 320 g/mol. The van der Waals surface area contributed by atoms with Gasteiger partial charge in [0, 0.05) is 25.7 Å². The van der Waals surface area contributed by atoms with Gasteiger partial charge in [-0.1, -0.05) is 30.3 Å². The molecule has 0 radical (unpaired) electrons. The van der Waals surface area contributed by atoms with Crippen LogP contribution >= 0.6 is 0 Å². The number of carbonyl (C=O) groups excluding carboxylic acids is 1. The standard InChI is InChI=1S/C23H26N2O/c1-15(26)24-18-10-11-20-19-4-2-3-5-21(19)23(22(20)12-18)25-13-16-6-7-17(14-25)9-8-16/h2-5,10-12,16-17,23H,6-9,13-14H2,1H3,(H,24,26)/t16?,17?,23-/m0/s1. The predicted molar refractivity (Wildman–Crippen MR) is 105 cm³/mol. The van der Waals surface area contributed by atoms with Crippen molar-refractivity contribution >= 4 is 11.6 Å². The molecule has 3 heteroatoms. The minimum atomic E-state index is -0.00942. The van der Waals surface area contributed by atoms with Crippen LogP contribution < -0.4 is 5.32 Å². The summed E-state index contributed by atoms with van der Waals surface area (Å²) in [6.07, 6.45) is 5.59. The number of nitrogens with one attached hydrogen (secondary N) is 1. The number of fused-ring (bicyclic) bond motifs is 7. The summed E-state index contributed by atoms with van der Waals surface area (Å²) in [6, 6.07) is 15.6. The van der Waals surface area contributed by atoms with E-state index in [-0.39, 0.29) is 5.91 Å². The van der Waals surface area contributed by atoms with E-state index in [4.69, 9.17) is 0 Å². The van der Waals surface area contributed by atoms with Gasteiger partial charge in [0.15, 0.2) is 0 Å². The van der Waals surface area contributed by atoms with Gasteiger partial charge in [-0.05, 0) is 71.9 Å². The van der Waals surface area contributed by atoms with Crippen molar-refractivity contribution in [3.63, 3.8) is 0 Å². The summed E-state index contributed by atoms with van der Waals surface area (Å²) < 4.78 is 0. The lowest BCUT2D eigenvalue weighted by molar-refractivity contribution is -0.114. The van der Waals surface area contributed by atoms with Crippen LogP contribution in [0.15, 0.2) is 42.5 Å². The van der Waals surface area contributed by atoms with E-state index in [1.165, 1.54) is 61.0 Å². The molecule has 2 saturated heterocycles. The third-order valence-electron chi connectivity index (χ3n) is 6.53. The first kappa shape index (κ1) is 16.1. The minimum Gasteiger partial charge on any atom is -0.326 e. The molecule has 2 aromatic carbocycles. The Kier molecular flexibility index (Phi) is 3.86. The highest BCUT2D eigenvalue weighted by Crippen LogP contribution is 2.49. The van der Waals surface area contributed by atoms with Crippen molar-refractivity contribution in [2.45, 2.75) is 38.6 Å². The van der Waals surface area contributed by atoms with Gasteiger partial charge in [-0.2, -0.15) is 0 Å².